The molecule has 1 aliphatic rings. The van der Waals surface area contributed by atoms with Crippen LogP contribution >= 0.6 is 22.9 Å². The van der Waals surface area contributed by atoms with Crippen molar-refractivity contribution in [3.63, 3.8) is 0 Å². The van der Waals surface area contributed by atoms with Gasteiger partial charge in [0.15, 0.2) is 0 Å². The van der Waals surface area contributed by atoms with E-state index in [2.05, 4.69) is 9.62 Å². The average Bonchev–Trinajstić information content (AvgIpc) is 3.12. The number of hydrogen-bond donors (Lipinski definition) is 1. The van der Waals surface area contributed by atoms with Gasteiger partial charge >= 0.3 is 0 Å². The van der Waals surface area contributed by atoms with Crippen molar-refractivity contribution in [1.29, 1.82) is 0 Å². The third-order valence-corrected chi connectivity index (χ3v) is 6.80. The van der Waals surface area contributed by atoms with Crippen LogP contribution in [-0.4, -0.2) is 46.2 Å². The monoisotopic (exact) mass is 400 g/mol. The average molecular weight is 401 g/mol. The van der Waals surface area contributed by atoms with Crippen LogP contribution in [0.3, 0.4) is 0 Å². The highest BCUT2D eigenvalue weighted by atomic mass is 35.5. The molecule has 1 atom stereocenters. The van der Waals surface area contributed by atoms with Gasteiger partial charge < -0.3 is 4.74 Å². The molecule has 2 heterocycles. The van der Waals surface area contributed by atoms with E-state index in [1.165, 1.54) is 0 Å². The highest BCUT2D eigenvalue weighted by Crippen LogP contribution is 2.26. The molecule has 8 heteroatoms. The molecular weight excluding hydrogens is 380 g/mol. The van der Waals surface area contributed by atoms with E-state index in [0.717, 1.165) is 18.0 Å². The number of hydrogen-bond acceptors (Lipinski definition) is 5. The summed E-state index contributed by atoms with van der Waals surface area (Å²) in [6.07, 6.45) is 0. The molecule has 2 aromatic rings. The van der Waals surface area contributed by atoms with Gasteiger partial charge in [-0.1, -0.05) is 35.9 Å². The predicted molar refractivity (Wildman–Crippen MR) is 102 cm³/mol. The van der Waals surface area contributed by atoms with Crippen LogP contribution in [0, 0.1) is 0 Å². The zero-order valence-electron chi connectivity index (χ0n) is 13.7. The van der Waals surface area contributed by atoms with Gasteiger partial charge in [-0.2, -0.15) is 0 Å². The molecule has 1 aliphatic heterocycles. The van der Waals surface area contributed by atoms with E-state index in [4.69, 9.17) is 16.3 Å². The molecular formula is C17H21ClN2O3S2. The lowest BCUT2D eigenvalue weighted by molar-refractivity contribution is 0.0179. The Morgan fingerprint density at radius 3 is 2.64 bits per heavy atom. The Bertz CT molecular complexity index is 775. The summed E-state index contributed by atoms with van der Waals surface area (Å²) >= 11 is 7.73. The van der Waals surface area contributed by atoms with Crippen molar-refractivity contribution in [2.45, 2.75) is 11.8 Å². The minimum Gasteiger partial charge on any atom is -0.379 e. The van der Waals surface area contributed by atoms with Gasteiger partial charge in [0.2, 0.25) is 10.0 Å². The van der Waals surface area contributed by atoms with Crippen molar-refractivity contribution >= 4 is 33.0 Å². The summed E-state index contributed by atoms with van der Waals surface area (Å²) in [5, 5.41) is 2.48. The van der Waals surface area contributed by atoms with E-state index in [9.17, 15) is 8.42 Å². The lowest BCUT2D eigenvalue weighted by atomic mass is 10.2. The number of nitrogens with one attached hydrogen (secondary N) is 1. The largest absolute Gasteiger partial charge is 0.379 e. The number of ether oxygens (including phenoxy) is 1. The topological polar surface area (TPSA) is 58.6 Å². The van der Waals surface area contributed by atoms with Gasteiger partial charge in [-0.15, -0.1) is 11.3 Å². The van der Waals surface area contributed by atoms with E-state index in [-0.39, 0.29) is 11.8 Å². The molecule has 1 fully saturated rings. The van der Waals surface area contributed by atoms with Crippen molar-refractivity contribution in [3.05, 3.63) is 57.2 Å². The zero-order valence-corrected chi connectivity index (χ0v) is 16.1. The Hall–Kier alpha value is -0.960. The molecule has 0 saturated carbocycles. The van der Waals surface area contributed by atoms with Gasteiger partial charge in [0, 0.05) is 29.5 Å². The first kappa shape index (κ1) is 18.8. The summed E-state index contributed by atoms with van der Waals surface area (Å²) in [6.45, 7) is 3.29. The Kier molecular flexibility index (Phi) is 6.49. The number of rotatable bonds is 7. The zero-order chi connectivity index (χ0) is 17.7. The van der Waals surface area contributed by atoms with E-state index in [0.29, 0.717) is 30.3 Å². The van der Waals surface area contributed by atoms with Crippen LogP contribution in [-0.2, 0) is 20.5 Å². The van der Waals surface area contributed by atoms with Crippen LogP contribution in [0.25, 0.3) is 0 Å². The number of benzene rings is 1. The highest BCUT2D eigenvalue weighted by Gasteiger charge is 2.25. The van der Waals surface area contributed by atoms with Gasteiger partial charge in [-0.3, -0.25) is 4.90 Å². The SMILES string of the molecule is O=S(=O)(Cc1ccccc1Cl)NC[C@H](c1cccs1)N1CCOCC1. The predicted octanol–water partition coefficient (Wildman–Crippen LogP) is 2.89. The standard InChI is InChI=1S/C17H21ClN2O3S2/c18-15-5-2-1-4-14(15)13-25(21,22)19-12-16(17-6-3-11-24-17)20-7-9-23-10-8-20/h1-6,11,16,19H,7-10,12-13H2/t16-/m1/s1. The second-order valence-electron chi connectivity index (χ2n) is 5.88. The van der Waals surface area contributed by atoms with E-state index >= 15 is 0 Å². The van der Waals surface area contributed by atoms with Crippen LogP contribution in [0.15, 0.2) is 41.8 Å². The van der Waals surface area contributed by atoms with E-state index in [1.54, 1.807) is 35.6 Å². The molecule has 1 saturated heterocycles. The molecule has 0 aliphatic carbocycles. The van der Waals surface area contributed by atoms with Crippen LogP contribution < -0.4 is 4.72 Å². The molecule has 1 N–H and O–H groups in total. The Morgan fingerprint density at radius 2 is 1.96 bits per heavy atom. The number of morpholine rings is 1. The summed E-state index contributed by atoms with van der Waals surface area (Å²) in [5.41, 5.74) is 0.607. The first-order chi connectivity index (χ1) is 12.1. The molecule has 1 aromatic carbocycles. The minimum absolute atomic E-state index is 0.0184. The van der Waals surface area contributed by atoms with Crippen molar-refractivity contribution in [1.82, 2.24) is 9.62 Å². The molecule has 0 unspecified atom stereocenters. The lowest BCUT2D eigenvalue weighted by Gasteiger charge is -2.34. The molecule has 1 aromatic heterocycles. The van der Waals surface area contributed by atoms with Gasteiger partial charge in [-0.25, -0.2) is 13.1 Å². The van der Waals surface area contributed by atoms with Crippen molar-refractivity contribution in [2.24, 2.45) is 0 Å². The van der Waals surface area contributed by atoms with Crippen LogP contribution in [0.5, 0.6) is 0 Å². The number of thiophene rings is 1. The number of sulfonamides is 1. The van der Waals surface area contributed by atoms with Crippen molar-refractivity contribution in [3.8, 4) is 0 Å². The molecule has 0 radical (unpaired) electrons. The van der Waals surface area contributed by atoms with Crippen molar-refractivity contribution < 1.29 is 13.2 Å². The highest BCUT2D eigenvalue weighted by molar-refractivity contribution is 7.88. The second kappa shape index (κ2) is 8.62. The van der Waals surface area contributed by atoms with Crippen LogP contribution in [0.4, 0.5) is 0 Å². The Balaban J connectivity index is 1.68. The quantitative estimate of drug-likeness (QED) is 0.776. The molecule has 3 rings (SSSR count). The smallest absolute Gasteiger partial charge is 0.215 e. The van der Waals surface area contributed by atoms with Gasteiger partial charge in [0.1, 0.15) is 0 Å². The number of nitrogens with zero attached hydrogens (tertiary/aromatic N) is 1. The summed E-state index contributed by atoms with van der Waals surface area (Å²) in [5.74, 6) is -0.118. The fourth-order valence-electron chi connectivity index (χ4n) is 2.86. The summed E-state index contributed by atoms with van der Waals surface area (Å²) in [7, 11) is -3.47. The van der Waals surface area contributed by atoms with Crippen LogP contribution in [0.2, 0.25) is 5.02 Å². The fraction of sp³-hybridized carbons (Fsp3) is 0.412. The normalized spacial score (nSPS) is 17.5. The second-order valence-corrected chi connectivity index (χ2v) is 9.07. The van der Waals surface area contributed by atoms with E-state index in [1.807, 2.05) is 17.5 Å². The maximum atomic E-state index is 12.5. The maximum absolute atomic E-state index is 12.5. The van der Waals surface area contributed by atoms with E-state index < -0.39 is 10.0 Å². The molecule has 25 heavy (non-hydrogen) atoms. The first-order valence-electron chi connectivity index (χ1n) is 8.11. The third kappa shape index (κ3) is 5.26. The molecule has 0 spiro atoms. The maximum Gasteiger partial charge on any atom is 0.215 e. The molecule has 5 nitrogen and oxygen atoms in total. The Morgan fingerprint density at radius 1 is 1.20 bits per heavy atom. The molecule has 0 bridgehead atoms. The number of halogens is 1. The molecule has 0 amide bonds. The van der Waals surface area contributed by atoms with Gasteiger partial charge in [-0.05, 0) is 23.1 Å². The van der Waals surface area contributed by atoms with Gasteiger partial charge in [0.05, 0.1) is 25.0 Å². The van der Waals surface area contributed by atoms with Gasteiger partial charge in [0.25, 0.3) is 0 Å². The molecule has 136 valence electrons. The van der Waals surface area contributed by atoms with Crippen LogP contribution in [0.1, 0.15) is 16.5 Å². The lowest BCUT2D eigenvalue weighted by Crippen LogP contribution is -2.43. The summed E-state index contributed by atoms with van der Waals surface area (Å²) < 4.78 is 33.2. The summed E-state index contributed by atoms with van der Waals surface area (Å²) in [6, 6.07) is 11.1. The summed E-state index contributed by atoms with van der Waals surface area (Å²) in [4.78, 5) is 3.43. The van der Waals surface area contributed by atoms with Crippen molar-refractivity contribution in [2.75, 3.05) is 32.8 Å². The first-order valence-corrected chi connectivity index (χ1v) is 11.0. The Labute approximate surface area is 157 Å². The minimum atomic E-state index is -3.47. The third-order valence-electron chi connectivity index (χ3n) is 4.16. The fourth-order valence-corrected chi connectivity index (χ4v) is 5.17.